The molecule has 3 rings (SSSR count). The standard InChI is InChI=1S/C21H24N2O4S/c1-14-7-9-16(10-8-14)22-19(24)12-23(2)20(25)13-27-21(26)18-11-15-5-3-4-6-17(15)28-18/h7-11H,3-6,12-13H2,1-2H3,(H,22,24). The number of nitrogens with zero attached hydrogens (tertiary/aromatic N) is 1. The van der Waals surface area contributed by atoms with Gasteiger partial charge in [-0.25, -0.2) is 4.79 Å². The van der Waals surface area contributed by atoms with Gasteiger partial charge in [0.1, 0.15) is 4.88 Å². The van der Waals surface area contributed by atoms with E-state index in [1.807, 2.05) is 25.1 Å². The molecule has 28 heavy (non-hydrogen) atoms. The minimum Gasteiger partial charge on any atom is -0.451 e. The van der Waals surface area contributed by atoms with E-state index in [1.165, 1.54) is 33.7 Å². The maximum absolute atomic E-state index is 12.2. The highest BCUT2D eigenvalue weighted by Crippen LogP contribution is 2.30. The largest absolute Gasteiger partial charge is 0.451 e. The van der Waals surface area contributed by atoms with E-state index >= 15 is 0 Å². The van der Waals surface area contributed by atoms with E-state index in [0.29, 0.717) is 10.6 Å². The Balaban J connectivity index is 1.45. The third-order valence-electron chi connectivity index (χ3n) is 4.67. The molecule has 1 N–H and O–H groups in total. The predicted octanol–water partition coefficient (Wildman–Crippen LogP) is 3.19. The Morgan fingerprint density at radius 1 is 1.14 bits per heavy atom. The first-order chi connectivity index (χ1) is 13.4. The summed E-state index contributed by atoms with van der Waals surface area (Å²) in [4.78, 5) is 39.5. The number of fused-ring (bicyclic) bond motifs is 1. The quantitative estimate of drug-likeness (QED) is 0.756. The van der Waals surface area contributed by atoms with Crippen molar-refractivity contribution in [3.05, 3.63) is 51.2 Å². The van der Waals surface area contributed by atoms with E-state index in [4.69, 9.17) is 4.74 Å². The number of carbonyl (C=O) groups excluding carboxylic acids is 3. The number of hydrogen-bond donors (Lipinski definition) is 1. The van der Waals surface area contributed by atoms with Crippen LogP contribution in [-0.2, 0) is 27.2 Å². The lowest BCUT2D eigenvalue weighted by molar-refractivity contribution is -0.136. The molecule has 1 aliphatic rings. The minimum atomic E-state index is -0.481. The number of hydrogen-bond acceptors (Lipinski definition) is 5. The monoisotopic (exact) mass is 400 g/mol. The molecule has 1 aromatic heterocycles. The molecule has 0 bridgehead atoms. The normalized spacial score (nSPS) is 12.8. The van der Waals surface area contributed by atoms with Gasteiger partial charge in [0, 0.05) is 17.6 Å². The van der Waals surface area contributed by atoms with Crippen LogP contribution in [0.5, 0.6) is 0 Å². The van der Waals surface area contributed by atoms with Gasteiger partial charge in [0.25, 0.3) is 5.91 Å². The fourth-order valence-corrected chi connectivity index (χ4v) is 4.19. The van der Waals surface area contributed by atoms with Crippen LogP contribution in [0.3, 0.4) is 0 Å². The highest BCUT2D eigenvalue weighted by atomic mass is 32.1. The fourth-order valence-electron chi connectivity index (χ4n) is 3.04. The number of amides is 2. The van der Waals surface area contributed by atoms with Crippen molar-refractivity contribution in [1.82, 2.24) is 4.90 Å². The van der Waals surface area contributed by atoms with Crippen LogP contribution in [0.25, 0.3) is 0 Å². The van der Waals surface area contributed by atoms with Gasteiger partial charge in [0.05, 0.1) is 6.54 Å². The first kappa shape index (κ1) is 20.1. The summed E-state index contributed by atoms with van der Waals surface area (Å²) in [5.74, 6) is -1.21. The zero-order valence-corrected chi connectivity index (χ0v) is 16.9. The third-order valence-corrected chi connectivity index (χ3v) is 5.88. The molecule has 7 heteroatoms. The molecule has 0 unspecified atom stereocenters. The lowest BCUT2D eigenvalue weighted by Crippen LogP contribution is -2.37. The molecule has 0 aliphatic heterocycles. The van der Waals surface area contributed by atoms with Gasteiger partial charge in [0.15, 0.2) is 6.61 Å². The Labute approximate surface area is 168 Å². The van der Waals surface area contributed by atoms with E-state index in [1.54, 1.807) is 12.1 Å². The molecule has 0 saturated carbocycles. The van der Waals surface area contributed by atoms with Crippen molar-refractivity contribution in [2.75, 3.05) is 25.5 Å². The number of thiophene rings is 1. The summed E-state index contributed by atoms with van der Waals surface area (Å²) in [5, 5.41) is 2.73. The zero-order valence-electron chi connectivity index (χ0n) is 16.1. The van der Waals surface area contributed by atoms with Gasteiger partial charge in [-0.05, 0) is 56.4 Å². The highest BCUT2D eigenvalue weighted by molar-refractivity contribution is 7.14. The summed E-state index contributed by atoms with van der Waals surface area (Å²) in [6, 6.07) is 9.28. The number of rotatable bonds is 6. The summed E-state index contributed by atoms with van der Waals surface area (Å²) >= 11 is 1.45. The SMILES string of the molecule is Cc1ccc(NC(=O)CN(C)C(=O)COC(=O)c2cc3c(s2)CCCC3)cc1. The van der Waals surface area contributed by atoms with Gasteiger partial charge in [-0.3, -0.25) is 9.59 Å². The van der Waals surface area contributed by atoms with Gasteiger partial charge in [-0.2, -0.15) is 0 Å². The van der Waals surface area contributed by atoms with E-state index in [0.717, 1.165) is 31.2 Å². The number of aryl methyl sites for hydroxylation is 3. The molecule has 2 aromatic rings. The van der Waals surface area contributed by atoms with Crippen molar-refractivity contribution < 1.29 is 19.1 Å². The molecular weight excluding hydrogens is 376 g/mol. The van der Waals surface area contributed by atoms with Gasteiger partial charge in [-0.15, -0.1) is 11.3 Å². The van der Waals surface area contributed by atoms with Crippen molar-refractivity contribution in [2.45, 2.75) is 32.6 Å². The van der Waals surface area contributed by atoms with Crippen LogP contribution < -0.4 is 5.32 Å². The summed E-state index contributed by atoms with van der Waals surface area (Å²) in [6.45, 7) is 1.47. The van der Waals surface area contributed by atoms with Crippen LogP contribution in [0.1, 0.15) is 38.5 Å². The van der Waals surface area contributed by atoms with Crippen molar-refractivity contribution in [1.29, 1.82) is 0 Å². The molecular formula is C21H24N2O4S. The van der Waals surface area contributed by atoms with Gasteiger partial charge in [-0.1, -0.05) is 17.7 Å². The number of carbonyl (C=O) groups is 3. The van der Waals surface area contributed by atoms with E-state index in [9.17, 15) is 14.4 Å². The second-order valence-electron chi connectivity index (χ2n) is 7.01. The van der Waals surface area contributed by atoms with Gasteiger partial charge >= 0.3 is 5.97 Å². The van der Waals surface area contributed by atoms with Crippen LogP contribution >= 0.6 is 11.3 Å². The van der Waals surface area contributed by atoms with Crippen molar-refractivity contribution in [2.24, 2.45) is 0 Å². The molecule has 1 heterocycles. The summed E-state index contributed by atoms with van der Waals surface area (Å²) in [7, 11) is 1.51. The molecule has 0 spiro atoms. The van der Waals surface area contributed by atoms with Crippen molar-refractivity contribution in [3.63, 3.8) is 0 Å². The van der Waals surface area contributed by atoms with E-state index < -0.39 is 11.9 Å². The molecule has 1 aromatic carbocycles. The second kappa shape index (κ2) is 9.01. The molecule has 0 saturated heterocycles. The highest BCUT2D eigenvalue weighted by Gasteiger charge is 2.20. The Kier molecular flexibility index (Phi) is 6.46. The van der Waals surface area contributed by atoms with Crippen LogP contribution in [0.4, 0.5) is 5.69 Å². The second-order valence-corrected chi connectivity index (χ2v) is 8.14. The van der Waals surface area contributed by atoms with Crippen LogP contribution in [0, 0.1) is 6.92 Å². The molecule has 2 amide bonds. The Bertz CT molecular complexity index is 850. The number of nitrogens with one attached hydrogen (secondary N) is 1. The van der Waals surface area contributed by atoms with E-state index in [-0.39, 0.29) is 19.1 Å². The summed E-state index contributed by atoms with van der Waals surface area (Å²) in [5.41, 5.74) is 2.99. The lowest BCUT2D eigenvalue weighted by Gasteiger charge is -2.16. The first-order valence-corrected chi connectivity index (χ1v) is 10.1. The maximum atomic E-state index is 12.2. The van der Waals surface area contributed by atoms with Gasteiger partial charge < -0.3 is 15.0 Å². The van der Waals surface area contributed by atoms with Crippen molar-refractivity contribution in [3.8, 4) is 0 Å². The topological polar surface area (TPSA) is 75.7 Å². The average Bonchev–Trinajstić information content (AvgIpc) is 3.12. The smallest absolute Gasteiger partial charge is 0.348 e. The number of likely N-dealkylation sites (N-methyl/N-ethyl adjacent to an activating group) is 1. The Morgan fingerprint density at radius 3 is 2.57 bits per heavy atom. The number of anilines is 1. The van der Waals surface area contributed by atoms with Crippen LogP contribution in [0.2, 0.25) is 0 Å². The zero-order chi connectivity index (χ0) is 20.1. The van der Waals surface area contributed by atoms with Crippen molar-refractivity contribution >= 4 is 34.8 Å². The molecule has 0 atom stereocenters. The molecule has 6 nitrogen and oxygen atoms in total. The van der Waals surface area contributed by atoms with Gasteiger partial charge in [0.2, 0.25) is 5.91 Å². The number of esters is 1. The van der Waals surface area contributed by atoms with Crippen LogP contribution in [0.15, 0.2) is 30.3 Å². The maximum Gasteiger partial charge on any atom is 0.348 e. The fraction of sp³-hybridized carbons (Fsp3) is 0.381. The molecule has 1 aliphatic carbocycles. The summed E-state index contributed by atoms with van der Waals surface area (Å²) in [6.07, 6.45) is 4.30. The molecule has 0 radical (unpaired) electrons. The lowest BCUT2D eigenvalue weighted by atomic mass is 9.99. The molecule has 0 fully saturated rings. The third kappa shape index (κ3) is 5.19. The Morgan fingerprint density at radius 2 is 1.86 bits per heavy atom. The minimum absolute atomic E-state index is 0.114. The Hall–Kier alpha value is -2.67. The van der Waals surface area contributed by atoms with Crippen LogP contribution in [-0.4, -0.2) is 42.9 Å². The average molecular weight is 401 g/mol. The predicted molar refractivity (Wildman–Crippen MR) is 109 cm³/mol. The first-order valence-electron chi connectivity index (χ1n) is 9.31. The number of benzene rings is 1. The molecule has 148 valence electrons. The summed E-state index contributed by atoms with van der Waals surface area (Å²) < 4.78 is 5.15. The number of ether oxygens (including phenoxy) is 1. The van der Waals surface area contributed by atoms with E-state index in [2.05, 4.69) is 5.32 Å².